The summed E-state index contributed by atoms with van der Waals surface area (Å²) in [5.74, 6) is -0.737. The molecule has 0 unspecified atom stereocenters. The van der Waals surface area contributed by atoms with Gasteiger partial charge in [-0.3, -0.25) is 9.59 Å². The average molecular weight is 409 g/mol. The van der Waals surface area contributed by atoms with Crippen molar-refractivity contribution in [3.05, 3.63) is 53.1 Å². The molecule has 0 bridgehead atoms. The maximum absolute atomic E-state index is 12.5. The first-order chi connectivity index (χ1) is 12.8. The van der Waals surface area contributed by atoms with Gasteiger partial charge in [-0.05, 0) is 23.8 Å². The predicted octanol–water partition coefficient (Wildman–Crippen LogP) is 2.15. The van der Waals surface area contributed by atoms with Crippen LogP contribution in [0, 0.1) is 0 Å². The molecule has 0 atom stereocenters. The predicted molar refractivity (Wildman–Crippen MR) is 101 cm³/mol. The van der Waals surface area contributed by atoms with E-state index >= 15 is 0 Å². The molecule has 1 aliphatic rings. The van der Waals surface area contributed by atoms with E-state index in [1.165, 1.54) is 18.2 Å². The number of sulfone groups is 1. The van der Waals surface area contributed by atoms with Crippen LogP contribution in [-0.2, 0) is 26.0 Å². The minimum atomic E-state index is -3.67. The Balaban J connectivity index is 1.59. The third-order valence-corrected chi connectivity index (χ3v) is 6.06. The van der Waals surface area contributed by atoms with E-state index in [0.29, 0.717) is 16.5 Å². The second-order valence-electron chi connectivity index (χ2n) is 5.93. The zero-order chi connectivity index (χ0) is 19.4. The van der Waals surface area contributed by atoms with Crippen molar-refractivity contribution in [1.29, 1.82) is 0 Å². The molecule has 0 fully saturated rings. The van der Waals surface area contributed by atoms with Crippen LogP contribution >= 0.6 is 11.6 Å². The number of anilines is 1. The Morgan fingerprint density at radius 3 is 2.78 bits per heavy atom. The highest BCUT2D eigenvalue weighted by atomic mass is 35.5. The lowest BCUT2D eigenvalue weighted by molar-refractivity contribution is -0.121. The van der Waals surface area contributed by atoms with Crippen LogP contribution in [0.2, 0.25) is 5.02 Å². The number of carbonyl (C=O) groups is 2. The van der Waals surface area contributed by atoms with Gasteiger partial charge in [0.2, 0.25) is 5.91 Å². The normalized spacial score (nSPS) is 13.3. The average Bonchev–Trinajstić information content (AvgIpc) is 2.65. The van der Waals surface area contributed by atoms with Gasteiger partial charge in [0.05, 0.1) is 16.3 Å². The second kappa shape index (κ2) is 7.98. The van der Waals surface area contributed by atoms with Crippen LogP contribution in [0.25, 0.3) is 0 Å². The molecule has 0 saturated carbocycles. The summed E-state index contributed by atoms with van der Waals surface area (Å²) in [7, 11) is -3.67. The first-order valence-corrected chi connectivity index (χ1v) is 10.2. The van der Waals surface area contributed by atoms with Crippen molar-refractivity contribution in [2.75, 3.05) is 17.7 Å². The van der Waals surface area contributed by atoms with Crippen LogP contribution in [0.15, 0.2) is 47.4 Å². The third kappa shape index (κ3) is 4.78. The number of carbonyl (C=O) groups excluding carboxylic acids is 2. The molecule has 0 aliphatic carbocycles. The molecular formula is C18H17ClN2O5S. The fourth-order valence-corrected chi connectivity index (χ4v) is 3.97. The summed E-state index contributed by atoms with van der Waals surface area (Å²) in [6.07, 6.45) is -0.179. The molecule has 2 amide bonds. The molecule has 0 spiro atoms. The maximum Gasteiger partial charge on any atom is 0.262 e. The van der Waals surface area contributed by atoms with Crippen molar-refractivity contribution in [2.24, 2.45) is 0 Å². The van der Waals surface area contributed by atoms with Crippen LogP contribution in [0.3, 0.4) is 0 Å². The van der Waals surface area contributed by atoms with Gasteiger partial charge in [-0.1, -0.05) is 29.8 Å². The van der Waals surface area contributed by atoms with E-state index in [1.807, 2.05) is 0 Å². The molecule has 7 nitrogen and oxygen atoms in total. The molecular weight excluding hydrogens is 392 g/mol. The van der Waals surface area contributed by atoms with Crippen molar-refractivity contribution in [3.8, 4) is 5.75 Å². The molecule has 2 aromatic rings. The van der Waals surface area contributed by atoms with Crippen LogP contribution in [-0.4, -0.2) is 32.6 Å². The Hall–Kier alpha value is -2.58. The van der Waals surface area contributed by atoms with E-state index in [0.717, 1.165) is 5.56 Å². The Morgan fingerprint density at radius 2 is 2.00 bits per heavy atom. The monoisotopic (exact) mass is 408 g/mol. The number of benzene rings is 2. The number of hydrogen-bond donors (Lipinski definition) is 2. The number of fused-ring (bicyclic) bond motifs is 1. The van der Waals surface area contributed by atoms with E-state index in [2.05, 4.69) is 10.6 Å². The van der Waals surface area contributed by atoms with Gasteiger partial charge in [0.1, 0.15) is 5.75 Å². The van der Waals surface area contributed by atoms with E-state index < -0.39 is 9.84 Å². The maximum atomic E-state index is 12.5. The molecule has 0 radical (unpaired) electrons. The van der Waals surface area contributed by atoms with Crippen molar-refractivity contribution < 1.29 is 22.7 Å². The van der Waals surface area contributed by atoms with Gasteiger partial charge in [0, 0.05) is 24.1 Å². The highest BCUT2D eigenvalue weighted by Gasteiger charge is 2.21. The van der Waals surface area contributed by atoms with Crippen LogP contribution < -0.4 is 15.4 Å². The molecule has 1 heterocycles. The third-order valence-electron chi connectivity index (χ3n) is 3.98. The van der Waals surface area contributed by atoms with E-state index in [9.17, 15) is 18.0 Å². The molecule has 2 aromatic carbocycles. The zero-order valence-electron chi connectivity index (χ0n) is 14.2. The lowest BCUT2D eigenvalue weighted by Crippen LogP contribution is -2.26. The first kappa shape index (κ1) is 19.2. The van der Waals surface area contributed by atoms with Crippen molar-refractivity contribution in [2.45, 2.75) is 17.9 Å². The lowest BCUT2D eigenvalue weighted by atomic mass is 10.2. The van der Waals surface area contributed by atoms with Crippen LogP contribution in [0.4, 0.5) is 5.69 Å². The van der Waals surface area contributed by atoms with Gasteiger partial charge in [-0.25, -0.2) is 8.42 Å². The van der Waals surface area contributed by atoms with Crippen LogP contribution in [0.5, 0.6) is 5.75 Å². The number of nitrogens with one attached hydrogen (secondary N) is 2. The highest BCUT2D eigenvalue weighted by molar-refractivity contribution is 7.91. The molecule has 1 aliphatic heterocycles. The highest BCUT2D eigenvalue weighted by Crippen LogP contribution is 2.30. The van der Waals surface area contributed by atoms with Gasteiger partial charge in [0.15, 0.2) is 16.4 Å². The fraction of sp³-hybridized carbons (Fsp3) is 0.222. The fourth-order valence-electron chi connectivity index (χ4n) is 2.52. The summed E-state index contributed by atoms with van der Waals surface area (Å²) in [6, 6.07) is 11.3. The Bertz CT molecular complexity index is 991. The van der Waals surface area contributed by atoms with E-state index in [4.69, 9.17) is 16.3 Å². The number of halogens is 1. The molecule has 0 saturated heterocycles. The lowest BCUT2D eigenvalue weighted by Gasteiger charge is -2.18. The second-order valence-corrected chi connectivity index (χ2v) is 8.45. The molecule has 0 aromatic heterocycles. The number of ether oxygens (including phenoxy) is 1. The summed E-state index contributed by atoms with van der Waals surface area (Å²) in [5.41, 5.74) is 1.17. The Kier molecular flexibility index (Phi) is 5.67. The molecule has 3 rings (SSSR count). The molecule has 27 heavy (non-hydrogen) atoms. The number of rotatable bonds is 6. The molecule has 2 N–H and O–H groups in total. The van der Waals surface area contributed by atoms with Gasteiger partial charge in [0.25, 0.3) is 5.91 Å². The van der Waals surface area contributed by atoms with Gasteiger partial charge in [-0.15, -0.1) is 0 Å². The quantitative estimate of drug-likeness (QED) is 0.762. The standard InChI is InChI=1S/C18H17ClN2O5S/c19-14-4-2-1-3-12(14)10-20-17(22)7-8-27(24,25)13-5-6-15-16(9-13)26-11-18(23)21-15/h1-6,9H,7-8,10-11H2,(H,20,22)(H,21,23). The van der Waals surface area contributed by atoms with Crippen molar-refractivity contribution >= 4 is 38.9 Å². The van der Waals surface area contributed by atoms with Gasteiger partial charge in [-0.2, -0.15) is 0 Å². The minimum Gasteiger partial charge on any atom is -0.482 e. The van der Waals surface area contributed by atoms with E-state index in [-0.39, 0.29) is 42.0 Å². The number of amides is 2. The number of hydrogen-bond acceptors (Lipinski definition) is 5. The molecule has 142 valence electrons. The largest absolute Gasteiger partial charge is 0.482 e. The van der Waals surface area contributed by atoms with Crippen molar-refractivity contribution in [3.63, 3.8) is 0 Å². The molecule has 9 heteroatoms. The summed E-state index contributed by atoms with van der Waals surface area (Å²) in [4.78, 5) is 23.3. The smallest absolute Gasteiger partial charge is 0.262 e. The minimum absolute atomic E-state index is 0.0382. The first-order valence-electron chi connectivity index (χ1n) is 8.15. The van der Waals surface area contributed by atoms with Crippen molar-refractivity contribution in [1.82, 2.24) is 5.32 Å². The summed E-state index contributed by atoms with van der Waals surface area (Å²) in [5, 5.41) is 5.78. The van der Waals surface area contributed by atoms with E-state index in [1.54, 1.807) is 24.3 Å². The van der Waals surface area contributed by atoms with Crippen LogP contribution in [0.1, 0.15) is 12.0 Å². The summed E-state index contributed by atoms with van der Waals surface area (Å²) < 4.78 is 30.2. The summed E-state index contributed by atoms with van der Waals surface area (Å²) in [6.45, 7) is 0.0614. The Morgan fingerprint density at radius 1 is 1.22 bits per heavy atom. The summed E-state index contributed by atoms with van der Waals surface area (Å²) >= 11 is 6.02. The topological polar surface area (TPSA) is 102 Å². The van der Waals surface area contributed by atoms with Gasteiger partial charge < -0.3 is 15.4 Å². The Labute approximate surface area is 161 Å². The van der Waals surface area contributed by atoms with Gasteiger partial charge >= 0.3 is 0 Å². The zero-order valence-corrected chi connectivity index (χ0v) is 15.8. The SMILES string of the molecule is O=C(CCS(=O)(=O)c1ccc2c(c1)OCC(=O)N2)NCc1ccccc1Cl.